The van der Waals surface area contributed by atoms with Crippen molar-refractivity contribution >= 4 is 51.9 Å². The zero-order chi connectivity index (χ0) is 33.2. The summed E-state index contributed by atoms with van der Waals surface area (Å²) >= 11 is 2.05. The highest BCUT2D eigenvalue weighted by molar-refractivity contribution is 14.1. The molecule has 0 radical (unpaired) electrons. The Kier molecular flexibility index (Phi) is 7.89. The molecule has 2 aliphatic carbocycles. The number of carbonyl (C=O) groups excluding carboxylic acids is 4. The molecule has 3 fully saturated rings. The summed E-state index contributed by atoms with van der Waals surface area (Å²) in [5.74, 6) is -4.01. The molecule has 9 nitrogen and oxygen atoms in total. The molecule has 242 valence electrons. The summed E-state index contributed by atoms with van der Waals surface area (Å²) < 4.78 is 6.12. The molecule has 47 heavy (non-hydrogen) atoms. The van der Waals surface area contributed by atoms with Crippen molar-refractivity contribution in [3.8, 4) is 11.5 Å². The number of rotatable bonds is 7. The molecule has 6 atom stereocenters. The first-order chi connectivity index (χ1) is 22.6. The minimum atomic E-state index is -1.38. The van der Waals surface area contributed by atoms with Crippen LogP contribution in [0.15, 0.2) is 78.4 Å². The zero-order valence-corrected chi connectivity index (χ0v) is 28.6. The fraction of sp³-hybridized carbons (Fsp3) is 0.351. The second-order valence-corrected chi connectivity index (χ2v) is 14.1. The Bertz CT molecular complexity index is 1830. The van der Waals surface area contributed by atoms with Crippen LogP contribution in [0.1, 0.15) is 48.8 Å². The summed E-state index contributed by atoms with van der Waals surface area (Å²) in [4.78, 5) is 58.8. The van der Waals surface area contributed by atoms with E-state index < -0.39 is 40.9 Å². The van der Waals surface area contributed by atoms with E-state index in [1.54, 1.807) is 6.07 Å². The molecular weight excluding hydrogens is 709 g/mol. The number of benzene rings is 3. The number of anilines is 1. The number of methoxy groups -OCH3 is 1. The monoisotopic (exact) mass is 745 g/mol. The first-order valence-electron chi connectivity index (χ1n) is 16.0. The van der Waals surface area contributed by atoms with E-state index in [4.69, 9.17) is 4.74 Å². The van der Waals surface area contributed by atoms with Gasteiger partial charge in [0, 0.05) is 12.5 Å². The normalized spacial score (nSPS) is 28.2. The van der Waals surface area contributed by atoms with Crippen molar-refractivity contribution in [3.05, 3.63) is 98.6 Å². The van der Waals surface area contributed by atoms with Crippen LogP contribution in [0.3, 0.4) is 0 Å². The molecule has 3 aromatic rings. The minimum absolute atomic E-state index is 0.0181. The number of fused-ring (bicyclic) bond motifs is 4. The standard InChI is InChI=1S/C37H36IN3O6/c1-4-16-40-33(43)25-15-14-24-26(30(25)35(40)45)19-27-34(44)41(39-23-12-10-20(2)11-13-23)36(46)37(27,22-8-6-5-7-9-22)31(24)21-17-28(38)32(42)29(18-21)47-3/h5-14,17-18,25-27,30-31,39,42H,4,15-16,19H2,1-3H3/t25-,26+,27-,30-,31-,37+/m0/s1. The van der Waals surface area contributed by atoms with Crippen molar-refractivity contribution < 1.29 is 29.0 Å². The second kappa shape index (κ2) is 11.8. The van der Waals surface area contributed by atoms with E-state index in [1.807, 2.05) is 103 Å². The van der Waals surface area contributed by atoms with Crippen molar-refractivity contribution in [2.24, 2.45) is 23.7 Å². The number of hydrogen-bond donors (Lipinski definition) is 2. The molecule has 3 aromatic carbocycles. The lowest BCUT2D eigenvalue weighted by molar-refractivity contribution is -0.141. The number of amides is 4. The van der Waals surface area contributed by atoms with Crippen LogP contribution in [0.25, 0.3) is 0 Å². The number of hydrogen-bond acceptors (Lipinski definition) is 7. The number of aryl methyl sites for hydroxylation is 1. The van der Waals surface area contributed by atoms with Gasteiger partial charge in [0.05, 0.1) is 39.5 Å². The summed E-state index contributed by atoms with van der Waals surface area (Å²) in [5.41, 5.74) is 5.62. The smallest absolute Gasteiger partial charge is 0.260 e. The summed E-state index contributed by atoms with van der Waals surface area (Å²) in [6.45, 7) is 4.26. The van der Waals surface area contributed by atoms with Crippen molar-refractivity contribution in [2.45, 2.75) is 44.4 Å². The van der Waals surface area contributed by atoms with Crippen LogP contribution in [0.5, 0.6) is 11.5 Å². The van der Waals surface area contributed by atoms with Gasteiger partial charge in [-0.25, -0.2) is 0 Å². The summed E-state index contributed by atoms with van der Waals surface area (Å²) in [5, 5.41) is 12.0. The summed E-state index contributed by atoms with van der Waals surface area (Å²) in [6, 6.07) is 20.4. The largest absolute Gasteiger partial charge is 0.504 e. The van der Waals surface area contributed by atoms with Crippen LogP contribution in [-0.2, 0) is 24.6 Å². The summed E-state index contributed by atoms with van der Waals surface area (Å²) in [6.07, 6.45) is 3.30. The number of halogens is 1. The molecule has 4 aliphatic rings. The number of allylic oxidation sites excluding steroid dienone is 2. The van der Waals surface area contributed by atoms with Crippen molar-refractivity contribution in [3.63, 3.8) is 0 Å². The lowest BCUT2D eigenvalue weighted by Gasteiger charge is -2.50. The number of carbonyl (C=O) groups is 4. The number of aromatic hydroxyl groups is 1. The molecular formula is C37H36IN3O6. The average Bonchev–Trinajstić information content (AvgIpc) is 3.44. The van der Waals surface area contributed by atoms with Gasteiger partial charge in [0.2, 0.25) is 11.8 Å². The number of nitrogens with zero attached hydrogens (tertiary/aromatic N) is 2. The maximum atomic E-state index is 15.2. The van der Waals surface area contributed by atoms with Gasteiger partial charge in [-0.3, -0.25) is 29.5 Å². The molecule has 0 unspecified atom stereocenters. The lowest BCUT2D eigenvalue weighted by Crippen LogP contribution is -2.53. The highest BCUT2D eigenvalue weighted by Gasteiger charge is 2.70. The maximum absolute atomic E-state index is 15.2. The number of ether oxygens (including phenoxy) is 1. The highest BCUT2D eigenvalue weighted by Crippen LogP contribution is 2.64. The maximum Gasteiger partial charge on any atom is 0.260 e. The molecule has 1 saturated carbocycles. The molecule has 0 spiro atoms. The molecule has 4 amide bonds. The third-order valence-electron chi connectivity index (χ3n) is 10.5. The highest BCUT2D eigenvalue weighted by atomic mass is 127. The Morgan fingerprint density at radius 2 is 1.70 bits per heavy atom. The van der Waals surface area contributed by atoms with Crippen LogP contribution >= 0.6 is 22.6 Å². The quantitative estimate of drug-likeness (QED) is 0.181. The van der Waals surface area contributed by atoms with Crippen LogP contribution in [0.4, 0.5) is 5.69 Å². The van der Waals surface area contributed by atoms with Gasteiger partial charge in [-0.1, -0.05) is 66.6 Å². The van der Waals surface area contributed by atoms with Crippen LogP contribution in [0, 0.1) is 34.2 Å². The molecule has 0 bridgehead atoms. The Morgan fingerprint density at radius 1 is 0.979 bits per heavy atom. The number of nitrogens with one attached hydrogen (secondary N) is 1. The second-order valence-electron chi connectivity index (χ2n) is 13.0. The van der Waals surface area contributed by atoms with Crippen LogP contribution in [0.2, 0.25) is 0 Å². The lowest BCUT2D eigenvalue weighted by atomic mass is 9.49. The zero-order valence-electron chi connectivity index (χ0n) is 26.4. The van der Waals surface area contributed by atoms with Gasteiger partial charge in [0.1, 0.15) is 0 Å². The third kappa shape index (κ3) is 4.62. The predicted octanol–water partition coefficient (Wildman–Crippen LogP) is 5.71. The first kappa shape index (κ1) is 31.4. The van der Waals surface area contributed by atoms with Crippen molar-refractivity contribution in [1.29, 1.82) is 0 Å². The molecule has 2 N–H and O–H groups in total. The number of imide groups is 2. The van der Waals surface area contributed by atoms with Gasteiger partial charge in [0.15, 0.2) is 11.5 Å². The molecule has 7 rings (SSSR count). The Labute approximate surface area is 287 Å². The van der Waals surface area contributed by atoms with E-state index >= 15 is 4.79 Å². The molecule has 2 saturated heterocycles. The van der Waals surface area contributed by atoms with E-state index in [2.05, 4.69) is 5.43 Å². The Balaban J connectivity index is 1.47. The summed E-state index contributed by atoms with van der Waals surface area (Å²) in [7, 11) is 1.47. The Hall–Kier alpha value is -4.19. The van der Waals surface area contributed by atoms with Gasteiger partial charge in [-0.05, 0) is 90.1 Å². The van der Waals surface area contributed by atoms with E-state index in [1.165, 1.54) is 12.0 Å². The fourth-order valence-corrected chi connectivity index (χ4v) is 9.17. The van der Waals surface area contributed by atoms with Crippen LogP contribution < -0.4 is 10.2 Å². The van der Waals surface area contributed by atoms with E-state index in [0.717, 1.165) is 16.1 Å². The Morgan fingerprint density at radius 3 is 2.38 bits per heavy atom. The average molecular weight is 746 g/mol. The van der Waals surface area contributed by atoms with Crippen LogP contribution in [-0.4, -0.2) is 52.3 Å². The van der Waals surface area contributed by atoms with Gasteiger partial charge >= 0.3 is 0 Å². The molecule has 10 heteroatoms. The number of hydrazine groups is 1. The number of likely N-dealkylation sites (tertiary alicyclic amines) is 1. The van der Waals surface area contributed by atoms with Gasteiger partial charge in [-0.15, -0.1) is 0 Å². The number of phenolic OH excluding ortho intramolecular Hbond substituents is 1. The van der Waals surface area contributed by atoms with Crippen molar-refractivity contribution in [1.82, 2.24) is 9.91 Å². The van der Waals surface area contributed by atoms with E-state index in [9.17, 15) is 19.5 Å². The number of phenols is 1. The third-order valence-corrected chi connectivity index (χ3v) is 11.4. The van der Waals surface area contributed by atoms with Crippen molar-refractivity contribution in [2.75, 3.05) is 19.1 Å². The molecule has 0 aromatic heterocycles. The van der Waals surface area contributed by atoms with Gasteiger partial charge in [0.25, 0.3) is 11.8 Å². The molecule has 2 aliphatic heterocycles. The predicted molar refractivity (Wildman–Crippen MR) is 183 cm³/mol. The minimum Gasteiger partial charge on any atom is -0.504 e. The topological polar surface area (TPSA) is 116 Å². The molecule has 2 heterocycles. The van der Waals surface area contributed by atoms with Gasteiger partial charge < -0.3 is 9.84 Å². The van der Waals surface area contributed by atoms with E-state index in [0.29, 0.717) is 39.8 Å². The SMILES string of the molecule is CCCN1C(=O)[C@H]2[C@H](CC=C3[C@H]2C[C@H]2C(=O)N(Nc4ccc(C)cc4)C(=O)[C@@]2(c2ccccc2)[C@H]3c2cc(I)c(O)c(OC)c2)C1=O. The first-order valence-corrected chi connectivity index (χ1v) is 17.1. The van der Waals surface area contributed by atoms with E-state index in [-0.39, 0.29) is 35.6 Å². The fourth-order valence-electron chi connectivity index (χ4n) is 8.55. The van der Waals surface area contributed by atoms with Gasteiger partial charge in [-0.2, -0.15) is 5.01 Å².